The van der Waals surface area contributed by atoms with E-state index in [1.54, 1.807) is 24.5 Å². The topological polar surface area (TPSA) is 96.2 Å². The van der Waals surface area contributed by atoms with Gasteiger partial charge in [-0.1, -0.05) is 6.07 Å². The molecule has 140 valence electrons. The first kappa shape index (κ1) is 18.6. The number of nitrogens with zero attached hydrogens (tertiary/aromatic N) is 1. The predicted molar refractivity (Wildman–Crippen MR) is 97.0 cm³/mol. The highest BCUT2D eigenvalue weighted by Gasteiger charge is 2.27. The number of carbonyl (C=O) groups excluding carboxylic acids is 1. The first-order valence-electron chi connectivity index (χ1n) is 8.73. The van der Waals surface area contributed by atoms with E-state index in [2.05, 4.69) is 5.32 Å². The van der Waals surface area contributed by atoms with E-state index in [0.717, 1.165) is 18.6 Å². The smallest absolute Gasteiger partial charge is 0.279 e. The van der Waals surface area contributed by atoms with E-state index in [1.807, 2.05) is 24.4 Å². The zero-order chi connectivity index (χ0) is 18.6. The largest absolute Gasteiger partial charge is 0.463 e. The normalized spacial score (nSPS) is 16.5. The Morgan fingerprint density at radius 2 is 2.04 bits per heavy atom. The summed E-state index contributed by atoms with van der Waals surface area (Å²) in [5.41, 5.74) is 0.481. The minimum Gasteiger partial charge on any atom is -0.463 e. The molecule has 0 saturated carbocycles. The van der Waals surface area contributed by atoms with Gasteiger partial charge in [-0.2, -0.15) is 4.31 Å². The van der Waals surface area contributed by atoms with Crippen LogP contribution in [-0.4, -0.2) is 38.3 Å². The Balaban J connectivity index is 1.60. The van der Waals surface area contributed by atoms with Crippen LogP contribution in [0.3, 0.4) is 0 Å². The van der Waals surface area contributed by atoms with Crippen LogP contribution in [0.15, 0.2) is 52.0 Å². The van der Waals surface area contributed by atoms with Gasteiger partial charge in [-0.3, -0.25) is 4.79 Å². The number of benzene rings is 1. The fourth-order valence-corrected chi connectivity index (χ4v) is 4.54. The maximum Gasteiger partial charge on any atom is 0.279 e. The zero-order valence-electron chi connectivity index (χ0n) is 14.7. The Morgan fingerprint density at radius 1 is 1.27 bits per heavy atom. The molecule has 2 heterocycles. The van der Waals surface area contributed by atoms with Gasteiger partial charge in [-0.05, 0) is 50.1 Å². The van der Waals surface area contributed by atoms with Gasteiger partial charge in [0.15, 0.2) is 12.3 Å². The number of quaternary nitrogens is 1. The standard InChI is InChI=1S/C18H23N3O4S/c1-14(17-8-5-11-25-17)19-13-18(22)20-15-6-4-7-16(12-15)26(23,24)21-9-2-3-10-21/h4-8,11-12,14,19H,2-3,9-10,13H2,1H3,(H,20,22)/p+1/t14-/m0/s1. The molecule has 1 saturated heterocycles. The van der Waals surface area contributed by atoms with Gasteiger partial charge in [-0.15, -0.1) is 0 Å². The molecule has 3 N–H and O–H groups in total. The SMILES string of the molecule is C[C@H]([NH2+]CC(=O)Nc1cccc(S(=O)(=O)N2CCCC2)c1)c1ccco1. The number of nitrogens with one attached hydrogen (secondary N) is 1. The van der Waals surface area contributed by atoms with Crippen LogP contribution in [0.25, 0.3) is 0 Å². The van der Waals surface area contributed by atoms with Crippen molar-refractivity contribution >= 4 is 21.6 Å². The molecular formula is C18H24N3O4S+. The van der Waals surface area contributed by atoms with Crippen molar-refractivity contribution in [3.63, 3.8) is 0 Å². The van der Waals surface area contributed by atoms with Crippen LogP contribution in [0, 0.1) is 0 Å². The van der Waals surface area contributed by atoms with Crippen LogP contribution in [-0.2, 0) is 14.8 Å². The maximum absolute atomic E-state index is 12.6. The summed E-state index contributed by atoms with van der Waals surface area (Å²) in [6.45, 7) is 3.28. The number of hydrogen-bond acceptors (Lipinski definition) is 4. The van der Waals surface area contributed by atoms with Crippen LogP contribution < -0.4 is 10.6 Å². The van der Waals surface area contributed by atoms with Gasteiger partial charge in [0.25, 0.3) is 5.91 Å². The number of anilines is 1. The Labute approximate surface area is 153 Å². The molecule has 3 rings (SSSR count). The molecular weight excluding hydrogens is 354 g/mol. The van der Waals surface area contributed by atoms with Gasteiger partial charge in [0.05, 0.1) is 11.2 Å². The maximum atomic E-state index is 12.6. The lowest BCUT2D eigenvalue weighted by molar-refractivity contribution is -0.684. The predicted octanol–water partition coefficient (Wildman–Crippen LogP) is 1.33. The molecule has 0 unspecified atom stereocenters. The second-order valence-corrected chi connectivity index (χ2v) is 8.37. The van der Waals surface area contributed by atoms with Crippen molar-refractivity contribution in [3.8, 4) is 0 Å². The van der Waals surface area contributed by atoms with Crippen molar-refractivity contribution in [1.82, 2.24) is 4.31 Å². The quantitative estimate of drug-likeness (QED) is 0.760. The number of carbonyl (C=O) groups is 1. The number of furan rings is 1. The number of nitrogens with two attached hydrogens (primary N) is 1. The summed E-state index contributed by atoms with van der Waals surface area (Å²) >= 11 is 0. The third kappa shape index (κ3) is 4.32. The first-order valence-corrected chi connectivity index (χ1v) is 10.2. The van der Waals surface area contributed by atoms with Crippen LogP contribution in [0.1, 0.15) is 31.6 Å². The van der Waals surface area contributed by atoms with Gasteiger partial charge in [0, 0.05) is 18.8 Å². The summed E-state index contributed by atoms with van der Waals surface area (Å²) in [6, 6.07) is 10.1. The minimum atomic E-state index is -3.49. The van der Waals surface area contributed by atoms with E-state index in [9.17, 15) is 13.2 Å². The second-order valence-electron chi connectivity index (χ2n) is 6.43. The number of rotatable bonds is 7. The molecule has 7 nitrogen and oxygen atoms in total. The third-order valence-corrected chi connectivity index (χ3v) is 6.36. The van der Waals surface area contributed by atoms with Crippen molar-refractivity contribution in [3.05, 3.63) is 48.4 Å². The molecule has 8 heteroatoms. The fraction of sp³-hybridized carbons (Fsp3) is 0.389. The van der Waals surface area contributed by atoms with Crippen molar-refractivity contribution in [2.75, 3.05) is 25.0 Å². The van der Waals surface area contributed by atoms with E-state index in [4.69, 9.17) is 4.42 Å². The molecule has 1 atom stereocenters. The number of hydrogen-bond donors (Lipinski definition) is 2. The number of amides is 1. The molecule has 1 amide bonds. The van der Waals surface area contributed by atoms with E-state index in [1.165, 1.54) is 10.4 Å². The second kappa shape index (κ2) is 8.03. The van der Waals surface area contributed by atoms with Crippen LogP contribution >= 0.6 is 0 Å². The lowest BCUT2D eigenvalue weighted by Gasteiger charge is -2.16. The van der Waals surface area contributed by atoms with Gasteiger partial charge >= 0.3 is 0 Å². The van der Waals surface area contributed by atoms with E-state index >= 15 is 0 Å². The molecule has 1 aromatic heterocycles. The Morgan fingerprint density at radius 3 is 2.73 bits per heavy atom. The molecule has 1 aliphatic rings. The highest BCUT2D eigenvalue weighted by molar-refractivity contribution is 7.89. The Hall–Kier alpha value is -2.16. The van der Waals surface area contributed by atoms with E-state index < -0.39 is 10.0 Å². The molecule has 1 aliphatic heterocycles. The molecule has 0 spiro atoms. The van der Waals surface area contributed by atoms with Gasteiger partial charge < -0.3 is 15.1 Å². The highest BCUT2D eigenvalue weighted by Crippen LogP contribution is 2.23. The van der Waals surface area contributed by atoms with Crippen LogP contribution in [0.4, 0.5) is 5.69 Å². The van der Waals surface area contributed by atoms with Crippen molar-refractivity contribution in [2.24, 2.45) is 0 Å². The molecule has 1 aromatic carbocycles. The lowest BCUT2D eigenvalue weighted by atomic mass is 10.2. The summed E-state index contributed by atoms with van der Waals surface area (Å²) in [4.78, 5) is 12.4. The lowest BCUT2D eigenvalue weighted by Crippen LogP contribution is -2.86. The van der Waals surface area contributed by atoms with Crippen LogP contribution in [0.2, 0.25) is 0 Å². The molecule has 0 bridgehead atoms. The van der Waals surface area contributed by atoms with E-state index in [0.29, 0.717) is 18.8 Å². The average Bonchev–Trinajstić information content (AvgIpc) is 3.33. The zero-order valence-corrected chi connectivity index (χ0v) is 15.5. The van der Waals surface area contributed by atoms with Crippen molar-refractivity contribution in [2.45, 2.75) is 30.7 Å². The summed E-state index contributed by atoms with van der Waals surface area (Å²) in [5, 5.41) is 4.62. The molecule has 1 fully saturated rings. The first-order chi connectivity index (χ1) is 12.5. The van der Waals surface area contributed by atoms with Gasteiger partial charge in [-0.25, -0.2) is 8.42 Å². The molecule has 0 radical (unpaired) electrons. The monoisotopic (exact) mass is 378 g/mol. The number of sulfonamides is 1. The average molecular weight is 378 g/mol. The molecule has 26 heavy (non-hydrogen) atoms. The van der Waals surface area contributed by atoms with Gasteiger partial charge in [0.2, 0.25) is 10.0 Å². The summed E-state index contributed by atoms with van der Waals surface area (Å²) in [5.74, 6) is 0.607. The van der Waals surface area contributed by atoms with E-state index in [-0.39, 0.29) is 23.4 Å². The highest BCUT2D eigenvalue weighted by atomic mass is 32.2. The Bertz CT molecular complexity index is 843. The van der Waals surface area contributed by atoms with Crippen molar-refractivity contribution < 1.29 is 22.9 Å². The Kier molecular flexibility index (Phi) is 5.75. The minimum absolute atomic E-state index is 0.0256. The van der Waals surface area contributed by atoms with Crippen LogP contribution in [0.5, 0.6) is 0 Å². The summed E-state index contributed by atoms with van der Waals surface area (Å²) < 4.78 is 32.0. The summed E-state index contributed by atoms with van der Waals surface area (Å²) in [6.07, 6.45) is 3.38. The molecule has 2 aromatic rings. The fourth-order valence-electron chi connectivity index (χ4n) is 2.97. The third-order valence-electron chi connectivity index (χ3n) is 4.47. The summed E-state index contributed by atoms with van der Waals surface area (Å²) in [7, 11) is -3.49. The van der Waals surface area contributed by atoms with Crippen molar-refractivity contribution in [1.29, 1.82) is 0 Å². The van der Waals surface area contributed by atoms with Gasteiger partial charge in [0.1, 0.15) is 6.04 Å². The molecule has 0 aliphatic carbocycles.